The van der Waals surface area contributed by atoms with Crippen LogP contribution in [-0.2, 0) is 9.59 Å². The van der Waals surface area contributed by atoms with Crippen molar-refractivity contribution in [2.45, 2.75) is 51.2 Å². The van der Waals surface area contributed by atoms with Crippen LogP contribution < -0.4 is 16.0 Å². The van der Waals surface area contributed by atoms with Crippen LogP contribution in [0.1, 0.15) is 44.7 Å². The van der Waals surface area contributed by atoms with Crippen molar-refractivity contribution in [3.8, 4) is 0 Å². The number of rotatable bonds is 5. The molecule has 140 valence electrons. The minimum absolute atomic E-state index is 0. The van der Waals surface area contributed by atoms with Crippen molar-refractivity contribution in [3.05, 3.63) is 35.4 Å². The average molecular weight is 376 g/mol. The van der Waals surface area contributed by atoms with Crippen molar-refractivity contribution in [1.82, 2.24) is 16.0 Å². The van der Waals surface area contributed by atoms with Gasteiger partial charge in [-0.15, -0.1) is 12.4 Å². The molecule has 1 heterocycles. The van der Waals surface area contributed by atoms with Gasteiger partial charge in [0, 0.05) is 30.6 Å². The molecule has 3 unspecified atom stereocenters. The Labute approximate surface area is 152 Å². The first-order valence-corrected chi connectivity index (χ1v) is 8.11. The molecule has 0 saturated carbocycles. The molecule has 1 saturated heterocycles. The first kappa shape index (κ1) is 21.3. The summed E-state index contributed by atoms with van der Waals surface area (Å²) in [6.45, 7) is 4.21. The second-order valence-corrected chi connectivity index (χ2v) is 6.18. The van der Waals surface area contributed by atoms with Crippen LogP contribution in [0.15, 0.2) is 18.2 Å². The first-order chi connectivity index (χ1) is 11.4. The van der Waals surface area contributed by atoms with Crippen molar-refractivity contribution >= 4 is 24.2 Å². The Morgan fingerprint density at radius 1 is 1.36 bits per heavy atom. The molecule has 8 heteroatoms. The summed E-state index contributed by atoms with van der Waals surface area (Å²) in [5, 5.41) is 8.77. The van der Waals surface area contributed by atoms with Gasteiger partial charge in [-0.3, -0.25) is 9.59 Å². The Kier molecular flexibility index (Phi) is 8.25. The van der Waals surface area contributed by atoms with Crippen LogP contribution in [-0.4, -0.2) is 30.4 Å². The Balaban J connectivity index is 0.00000312. The number of carbonyl (C=O) groups excluding carboxylic acids is 2. The molecule has 3 N–H and O–H groups in total. The highest BCUT2D eigenvalue weighted by molar-refractivity contribution is 5.85. The van der Waals surface area contributed by atoms with Gasteiger partial charge in [0.15, 0.2) is 0 Å². The van der Waals surface area contributed by atoms with E-state index in [4.69, 9.17) is 0 Å². The van der Waals surface area contributed by atoms with Gasteiger partial charge in [0.05, 0.1) is 12.5 Å². The maximum absolute atomic E-state index is 14.0. The predicted molar refractivity (Wildman–Crippen MR) is 93.4 cm³/mol. The number of benzene rings is 1. The van der Waals surface area contributed by atoms with E-state index in [-0.39, 0.29) is 48.3 Å². The minimum atomic E-state index is -0.838. The summed E-state index contributed by atoms with van der Waals surface area (Å²) in [6, 6.07) is 2.43. The lowest BCUT2D eigenvalue weighted by Crippen LogP contribution is -2.52. The minimum Gasteiger partial charge on any atom is -0.352 e. The molecule has 1 aliphatic heterocycles. The largest absolute Gasteiger partial charge is 0.352 e. The zero-order valence-corrected chi connectivity index (χ0v) is 15.1. The van der Waals surface area contributed by atoms with Gasteiger partial charge >= 0.3 is 0 Å². The van der Waals surface area contributed by atoms with Crippen LogP contribution in [0.2, 0.25) is 0 Å². The lowest BCUT2D eigenvalue weighted by molar-refractivity contribution is -0.123. The smallest absolute Gasteiger partial charge is 0.222 e. The van der Waals surface area contributed by atoms with E-state index < -0.39 is 17.7 Å². The maximum Gasteiger partial charge on any atom is 0.222 e. The van der Waals surface area contributed by atoms with E-state index in [0.29, 0.717) is 0 Å². The highest BCUT2D eigenvalue weighted by Gasteiger charge is 2.25. The lowest BCUT2D eigenvalue weighted by atomic mass is 9.98. The van der Waals surface area contributed by atoms with Gasteiger partial charge in [-0.05, 0) is 32.4 Å². The molecule has 5 nitrogen and oxygen atoms in total. The molecule has 25 heavy (non-hydrogen) atoms. The number of piperidine rings is 1. The Morgan fingerprint density at radius 3 is 2.68 bits per heavy atom. The molecular weight excluding hydrogens is 352 g/mol. The maximum atomic E-state index is 14.0. The molecule has 2 amide bonds. The third-order valence-corrected chi connectivity index (χ3v) is 4.21. The lowest BCUT2D eigenvalue weighted by Gasteiger charge is -2.31. The summed E-state index contributed by atoms with van der Waals surface area (Å²) in [5.74, 6) is -2.15. The molecule has 1 aliphatic rings. The monoisotopic (exact) mass is 375 g/mol. The Hall–Kier alpha value is -1.73. The summed E-state index contributed by atoms with van der Waals surface area (Å²) in [5.41, 5.74) is 0.0940. The number of hydrogen-bond donors (Lipinski definition) is 3. The molecule has 1 aromatic rings. The molecular formula is C17H24ClF2N3O2. The van der Waals surface area contributed by atoms with Crippen LogP contribution in [0.4, 0.5) is 8.78 Å². The third kappa shape index (κ3) is 6.25. The van der Waals surface area contributed by atoms with Gasteiger partial charge in [0.2, 0.25) is 11.8 Å². The Morgan fingerprint density at radius 2 is 2.08 bits per heavy atom. The highest BCUT2D eigenvalue weighted by Crippen LogP contribution is 2.21. The zero-order chi connectivity index (χ0) is 17.7. The average Bonchev–Trinajstić information content (AvgIpc) is 2.48. The fraction of sp³-hybridized carbons (Fsp3) is 0.529. The molecule has 2 rings (SSSR count). The van der Waals surface area contributed by atoms with Crippen molar-refractivity contribution < 1.29 is 18.4 Å². The Bertz CT molecular complexity index is 616. The van der Waals surface area contributed by atoms with E-state index in [9.17, 15) is 18.4 Å². The molecule has 1 aromatic carbocycles. The van der Waals surface area contributed by atoms with Crippen molar-refractivity contribution in [2.75, 3.05) is 6.54 Å². The van der Waals surface area contributed by atoms with Crippen molar-refractivity contribution in [2.24, 2.45) is 0 Å². The quantitative estimate of drug-likeness (QED) is 0.739. The second-order valence-electron chi connectivity index (χ2n) is 6.18. The van der Waals surface area contributed by atoms with Crippen LogP contribution in [0.25, 0.3) is 0 Å². The third-order valence-electron chi connectivity index (χ3n) is 4.21. The van der Waals surface area contributed by atoms with E-state index >= 15 is 0 Å². The highest BCUT2D eigenvalue weighted by atomic mass is 35.5. The number of nitrogens with one attached hydrogen (secondary N) is 3. The standard InChI is InChI=1S/C17H23F2N3O2.ClH/c1-10-15(4-3-7-20-10)22-17(24)9-16(21-11(2)23)13-6-5-12(18)8-14(13)19;/h5-6,8,10,15-16,20H,3-4,7,9H2,1-2H3,(H,21,23)(H,22,24);1H. The molecule has 3 atom stereocenters. The first-order valence-electron chi connectivity index (χ1n) is 8.11. The van der Waals surface area contributed by atoms with E-state index in [1.807, 2.05) is 6.92 Å². The number of amides is 2. The van der Waals surface area contributed by atoms with Crippen LogP contribution in [0, 0.1) is 11.6 Å². The van der Waals surface area contributed by atoms with E-state index in [1.165, 1.54) is 13.0 Å². The number of carbonyl (C=O) groups is 2. The van der Waals surface area contributed by atoms with Gasteiger partial charge in [0.25, 0.3) is 0 Å². The van der Waals surface area contributed by atoms with Crippen LogP contribution in [0.5, 0.6) is 0 Å². The summed E-state index contributed by atoms with van der Waals surface area (Å²) >= 11 is 0. The number of halogens is 3. The zero-order valence-electron chi connectivity index (χ0n) is 14.3. The van der Waals surface area contributed by atoms with Crippen molar-refractivity contribution in [3.63, 3.8) is 0 Å². The molecule has 0 aliphatic carbocycles. The molecule has 1 fully saturated rings. The fourth-order valence-corrected chi connectivity index (χ4v) is 2.96. The van der Waals surface area contributed by atoms with Gasteiger partial charge in [-0.1, -0.05) is 6.07 Å². The summed E-state index contributed by atoms with van der Waals surface area (Å²) < 4.78 is 27.1. The number of hydrogen-bond acceptors (Lipinski definition) is 3. The van der Waals surface area contributed by atoms with E-state index in [2.05, 4.69) is 16.0 Å². The van der Waals surface area contributed by atoms with Crippen LogP contribution in [0.3, 0.4) is 0 Å². The van der Waals surface area contributed by atoms with Crippen molar-refractivity contribution in [1.29, 1.82) is 0 Å². The normalized spacial score (nSPS) is 21.0. The van der Waals surface area contributed by atoms with Gasteiger partial charge in [0.1, 0.15) is 11.6 Å². The molecule has 0 radical (unpaired) electrons. The molecule has 0 spiro atoms. The predicted octanol–water partition coefficient (Wildman–Crippen LogP) is 2.21. The van der Waals surface area contributed by atoms with Crippen LogP contribution >= 0.6 is 12.4 Å². The van der Waals surface area contributed by atoms with E-state index in [1.54, 1.807) is 0 Å². The summed E-state index contributed by atoms with van der Waals surface area (Å²) in [6.07, 6.45) is 1.73. The molecule has 0 aromatic heterocycles. The summed E-state index contributed by atoms with van der Waals surface area (Å²) in [7, 11) is 0. The SMILES string of the molecule is CC(=O)NC(CC(=O)NC1CCCNC1C)c1ccc(F)cc1F.Cl. The van der Waals surface area contributed by atoms with Gasteiger partial charge in [-0.2, -0.15) is 0 Å². The summed E-state index contributed by atoms with van der Waals surface area (Å²) in [4.78, 5) is 23.7. The molecule has 0 bridgehead atoms. The van der Waals surface area contributed by atoms with E-state index in [0.717, 1.165) is 31.5 Å². The topological polar surface area (TPSA) is 70.2 Å². The second kappa shape index (κ2) is 9.68. The van der Waals surface area contributed by atoms with Gasteiger partial charge in [-0.25, -0.2) is 8.78 Å². The fourth-order valence-electron chi connectivity index (χ4n) is 2.96. The van der Waals surface area contributed by atoms with Gasteiger partial charge < -0.3 is 16.0 Å².